The van der Waals surface area contributed by atoms with Gasteiger partial charge in [-0.05, 0) is 29.8 Å². The molecule has 30 heavy (non-hydrogen) atoms. The molecule has 0 unspecified atom stereocenters. The van der Waals surface area contributed by atoms with Crippen LogP contribution in [0.25, 0.3) is 11.4 Å². The van der Waals surface area contributed by atoms with E-state index in [0.29, 0.717) is 17.5 Å². The van der Waals surface area contributed by atoms with Gasteiger partial charge in [-0.3, -0.25) is 9.47 Å². The number of nitrogens with zero attached hydrogens (tertiary/aromatic N) is 4. The number of ether oxygens (including phenoxy) is 1. The van der Waals surface area contributed by atoms with Gasteiger partial charge in [-0.2, -0.15) is 0 Å². The van der Waals surface area contributed by atoms with Crippen LogP contribution in [0.15, 0.2) is 84.3 Å². The molecule has 2 heterocycles. The minimum Gasteiger partial charge on any atom is -0.497 e. The molecule has 0 saturated carbocycles. The van der Waals surface area contributed by atoms with Gasteiger partial charge in [0.15, 0.2) is 5.82 Å². The molecule has 0 aliphatic heterocycles. The van der Waals surface area contributed by atoms with Gasteiger partial charge >= 0.3 is 0 Å². The Hall–Kier alpha value is -3.52. The maximum absolute atomic E-state index is 12.4. The maximum atomic E-state index is 12.4. The Balaban J connectivity index is 1.44. The molecule has 0 radical (unpaired) electrons. The summed E-state index contributed by atoms with van der Waals surface area (Å²) in [5.41, 5.74) is 1.96. The van der Waals surface area contributed by atoms with E-state index in [4.69, 9.17) is 4.74 Å². The third-order valence-corrected chi connectivity index (χ3v) is 5.36. The van der Waals surface area contributed by atoms with Gasteiger partial charge in [0.25, 0.3) is 0 Å². The third-order valence-electron chi connectivity index (χ3n) is 4.44. The standard InChI is InChI=1S/C22H21N5O2S/c1-29-19-11-9-17(10-12-19)15-23-20(28)16-30-22-25-24-21(18-7-3-2-4-8-18)27(22)26-13-5-6-14-26/h2-14H,15-16H2,1H3,(H,23,28). The van der Waals surface area contributed by atoms with Crippen LogP contribution in [0.1, 0.15) is 5.56 Å². The summed E-state index contributed by atoms with van der Waals surface area (Å²) in [6, 6.07) is 21.3. The quantitative estimate of drug-likeness (QED) is 0.443. The molecule has 1 N–H and O–H groups in total. The third kappa shape index (κ3) is 4.55. The monoisotopic (exact) mass is 419 g/mol. The van der Waals surface area contributed by atoms with Gasteiger partial charge in [-0.25, -0.2) is 4.68 Å². The van der Waals surface area contributed by atoms with Crippen molar-refractivity contribution >= 4 is 17.7 Å². The number of thioether (sulfide) groups is 1. The van der Waals surface area contributed by atoms with E-state index in [9.17, 15) is 4.79 Å². The molecule has 2 aromatic carbocycles. The Morgan fingerprint density at radius 1 is 1.00 bits per heavy atom. The minimum absolute atomic E-state index is 0.0702. The first-order valence-corrected chi connectivity index (χ1v) is 10.4. The molecule has 8 heteroatoms. The van der Waals surface area contributed by atoms with Crippen LogP contribution < -0.4 is 10.1 Å². The number of methoxy groups -OCH3 is 1. The summed E-state index contributed by atoms with van der Waals surface area (Å²) < 4.78 is 8.95. The van der Waals surface area contributed by atoms with Crippen molar-refractivity contribution in [1.29, 1.82) is 0 Å². The fourth-order valence-electron chi connectivity index (χ4n) is 2.91. The Kier molecular flexibility index (Phi) is 6.14. The number of hydrogen-bond donors (Lipinski definition) is 1. The van der Waals surface area contributed by atoms with Gasteiger partial charge in [0.2, 0.25) is 11.1 Å². The second kappa shape index (κ2) is 9.32. The van der Waals surface area contributed by atoms with E-state index in [1.807, 2.05) is 88.5 Å². The Morgan fingerprint density at radius 2 is 1.73 bits per heavy atom. The SMILES string of the molecule is COc1ccc(CNC(=O)CSc2nnc(-c3ccccc3)n2-n2cccc2)cc1. The van der Waals surface area contributed by atoms with E-state index < -0.39 is 0 Å². The average molecular weight is 420 g/mol. The Morgan fingerprint density at radius 3 is 2.43 bits per heavy atom. The smallest absolute Gasteiger partial charge is 0.230 e. The van der Waals surface area contributed by atoms with Gasteiger partial charge in [-0.1, -0.05) is 54.2 Å². The number of aromatic nitrogens is 4. The molecule has 4 aromatic rings. The maximum Gasteiger partial charge on any atom is 0.230 e. The highest BCUT2D eigenvalue weighted by atomic mass is 32.2. The zero-order valence-corrected chi connectivity index (χ0v) is 17.2. The van der Waals surface area contributed by atoms with E-state index in [-0.39, 0.29) is 11.7 Å². The summed E-state index contributed by atoms with van der Waals surface area (Å²) in [6.45, 7) is 0.461. The first-order chi connectivity index (χ1) is 14.7. The topological polar surface area (TPSA) is 74.0 Å². The summed E-state index contributed by atoms with van der Waals surface area (Å²) >= 11 is 1.35. The van der Waals surface area contributed by atoms with Crippen LogP contribution in [0.2, 0.25) is 0 Å². The summed E-state index contributed by atoms with van der Waals surface area (Å²) in [5, 5.41) is 12.3. The van der Waals surface area contributed by atoms with Crippen molar-refractivity contribution in [3.05, 3.63) is 84.7 Å². The molecule has 1 amide bonds. The number of hydrogen-bond acceptors (Lipinski definition) is 5. The molecular formula is C22H21N5O2S. The highest BCUT2D eigenvalue weighted by Crippen LogP contribution is 2.24. The van der Waals surface area contributed by atoms with Crippen LogP contribution >= 0.6 is 11.8 Å². The summed E-state index contributed by atoms with van der Waals surface area (Å²) in [5.74, 6) is 1.68. The first-order valence-electron chi connectivity index (χ1n) is 9.41. The van der Waals surface area contributed by atoms with Crippen LogP contribution in [0, 0.1) is 0 Å². The zero-order chi connectivity index (χ0) is 20.8. The number of carbonyl (C=O) groups excluding carboxylic acids is 1. The summed E-state index contributed by atoms with van der Waals surface area (Å²) in [4.78, 5) is 12.4. The molecule has 152 valence electrons. The lowest BCUT2D eigenvalue weighted by Gasteiger charge is -2.11. The van der Waals surface area contributed by atoms with E-state index in [0.717, 1.165) is 16.9 Å². The van der Waals surface area contributed by atoms with Crippen molar-refractivity contribution in [2.24, 2.45) is 0 Å². The summed E-state index contributed by atoms with van der Waals surface area (Å²) in [7, 11) is 1.63. The van der Waals surface area contributed by atoms with Crippen molar-refractivity contribution in [3.63, 3.8) is 0 Å². The lowest BCUT2D eigenvalue weighted by atomic mass is 10.2. The van der Waals surface area contributed by atoms with Crippen LogP contribution in [0.4, 0.5) is 0 Å². The zero-order valence-electron chi connectivity index (χ0n) is 16.4. The molecule has 0 spiro atoms. The second-order valence-electron chi connectivity index (χ2n) is 6.46. The number of carbonyl (C=O) groups is 1. The van der Waals surface area contributed by atoms with Crippen molar-refractivity contribution in [2.45, 2.75) is 11.7 Å². The fraction of sp³-hybridized carbons (Fsp3) is 0.136. The Labute approximate surface area is 178 Å². The van der Waals surface area contributed by atoms with Crippen molar-refractivity contribution in [2.75, 3.05) is 12.9 Å². The molecular weight excluding hydrogens is 398 g/mol. The predicted octanol–water partition coefficient (Wildman–Crippen LogP) is 3.48. The lowest BCUT2D eigenvalue weighted by Crippen LogP contribution is -2.24. The predicted molar refractivity (Wildman–Crippen MR) is 116 cm³/mol. The molecule has 0 atom stereocenters. The molecule has 2 aromatic heterocycles. The highest BCUT2D eigenvalue weighted by molar-refractivity contribution is 7.99. The van der Waals surface area contributed by atoms with E-state index >= 15 is 0 Å². The number of nitrogens with one attached hydrogen (secondary N) is 1. The first kappa shape index (κ1) is 19.8. The average Bonchev–Trinajstić information content (AvgIpc) is 3.47. The van der Waals surface area contributed by atoms with E-state index in [1.165, 1.54) is 11.8 Å². The van der Waals surface area contributed by atoms with Crippen LogP contribution in [-0.4, -0.2) is 38.3 Å². The summed E-state index contributed by atoms with van der Waals surface area (Å²) in [6.07, 6.45) is 3.84. The van der Waals surface area contributed by atoms with Gasteiger partial charge < -0.3 is 10.1 Å². The highest BCUT2D eigenvalue weighted by Gasteiger charge is 2.16. The molecule has 4 rings (SSSR count). The Bertz CT molecular complexity index is 1090. The van der Waals surface area contributed by atoms with Crippen molar-refractivity contribution in [1.82, 2.24) is 24.9 Å². The van der Waals surface area contributed by atoms with Crippen molar-refractivity contribution in [3.8, 4) is 17.1 Å². The molecule has 0 bridgehead atoms. The van der Waals surface area contributed by atoms with Gasteiger partial charge in [0.1, 0.15) is 5.75 Å². The fourth-order valence-corrected chi connectivity index (χ4v) is 3.68. The second-order valence-corrected chi connectivity index (χ2v) is 7.40. The minimum atomic E-state index is -0.0702. The van der Waals surface area contributed by atoms with E-state index in [1.54, 1.807) is 7.11 Å². The number of benzene rings is 2. The number of amides is 1. The molecule has 0 fully saturated rings. The molecule has 0 aliphatic rings. The van der Waals surface area contributed by atoms with Crippen LogP contribution in [0.3, 0.4) is 0 Å². The molecule has 0 saturated heterocycles. The largest absolute Gasteiger partial charge is 0.497 e. The molecule has 7 nitrogen and oxygen atoms in total. The van der Waals surface area contributed by atoms with Crippen LogP contribution in [0.5, 0.6) is 5.75 Å². The van der Waals surface area contributed by atoms with Crippen LogP contribution in [-0.2, 0) is 11.3 Å². The number of rotatable bonds is 8. The van der Waals surface area contributed by atoms with Gasteiger partial charge in [0.05, 0.1) is 12.9 Å². The molecule has 0 aliphatic carbocycles. The van der Waals surface area contributed by atoms with Gasteiger partial charge in [-0.15, -0.1) is 10.2 Å². The lowest BCUT2D eigenvalue weighted by molar-refractivity contribution is -0.118. The van der Waals surface area contributed by atoms with E-state index in [2.05, 4.69) is 15.5 Å². The van der Waals surface area contributed by atoms with Crippen molar-refractivity contribution < 1.29 is 9.53 Å². The van der Waals surface area contributed by atoms with Gasteiger partial charge in [0, 0.05) is 24.5 Å². The normalized spacial score (nSPS) is 10.7.